The molecule has 0 radical (unpaired) electrons. The minimum atomic E-state index is 0.164. The van der Waals surface area contributed by atoms with Crippen LogP contribution in [0.5, 0.6) is 0 Å². The fourth-order valence-electron chi connectivity index (χ4n) is 2.24. The van der Waals surface area contributed by atoms with Gasteiger partial charge in [-0.2, -0.15) is 0 Å². The van der Waals surface area contributed by atoms with Crippen LogP contribution in [0.3, 0.4) is 0 Å². The second kappa shape index (κ2) is 5.77. The number of hydrogen-bond donors (Lipinski definition) is 0. The Morgan fingerprint density at radius 3 is 2.67 bits per heavy atom. The zero-order chi connectivity index (χ0) is 14.8. The molecule has 0 saturated heterocycles. The van der Waals surface area contributed by atoms with Gasteiger partial charge in [0.25, 0.3) is 0 Å². The summed E-state index contributed by atoms with van der Waals surface area (Å²) in [6.45, 7) is 2.51. The third-order valence-corrected chi connectivity index (χ3v) is 3.90. The minimum absolute atomic E-state index is 0.164. The molecule has 0 atom stereocenters. The third-order valence-electron chi connectivity index (χ3n) is 3.41. The maximum atomic E-state index is 11.6. The topological polar surface area (TPSA) is 47.8 Å². The maximum Gasteiger partial charge on any atom is 0.162 e. The fraction of sp³-hybridized carbons (Fsp3) is 0.188. The highest BCUT2D eigenvalue weighted by atomic mass is 79.9. The second-order valence-electron chi connectivity index (χ2n) is 4.85. The molecular formula is C16H14BrN3O. The third kappa shape index (κ3) is 2.88. The number of nitrogens with zero attached hydrogens (tertiary/aromatic N) is 3. The summed E-state index contributed by atoms with van der Waals surface area (Å²) in [4.78, 5) is 11.6. The van der Waals surface area contributed by atoms with E-state index in [1.165, 1.54) is 0 Å². The molecule has 1 aromatic heterocycles. The van der Waals surface area contributed by atoms with Crippen LogP contribution in [0.4, 0.5) is 0 Å². The van der Waals surface area contributed by atoms with Crippen LogP contribution < -0.4 is 0 Å². The predicted octanol–water partition coefficient (Wildman–Crippen LogP) is 3.83. The van der Waals surface area contributed by atoms with Gasteiger partial charge in [-0.1, -0.05) is 52.3 Å². The molecule has 0 N–H and O–H groups in total. The number of halogens is 1. The van der Waals surface area contributed by atoms with Crippen molar-refractivity contribution in [2.24, 2.45) is 0 Å². The first kappa shape index (κ1) is 13.9. The van der Waals surface area contributed by atoms with Crippen LogP contribution >= 0.6 is 15.9 Å². The molecule has 0 aliphatic heterocycles. The van der Waals surface area contributed by atoms with E-state index < -0.39 is 0 Å². The summed E-state index contributed by atoms with van der Waals surface area (Å²) >= 11 is 3.43. The van der Waals surface area contributed by atoms with Crippen LogP contribution in [0.2, 0.25) is 0 Å². The first-order valence-corrected chi connectivity index (χ1v) is 7.57. The number of Topliss-reactive ketones (excluding diaryl/α,β-unsaturated/α-hetero) is 1. The van der Waals surface area contributed by atoms with Gasteiger partial charge in [0.2, 0.25) is 0 Å². The summed E-state index contributed by atoms with van der Waals surface area (Å²) < 4.78 is 2.85. The first-order valence-electron chi connectivity index (χ1n) is 6.78. The van der Waals surface area contributed by atoms with Crippen molar-refractivity contribution in [1.82, 2.24) is 15.0 Å². The Morgan fingerprint density at radius 1 is 1.19 bits per heavy atom. The summed E-state index contributed by atoms with van der Waals surface area (Å²) in [5, 5.41) is 8.35. The van der Waals surface area contributed by atoms with E-state index >= 15 is 0 Å². The van der Waals surface area contributed by atoms with E-state index in [2.05, 4.69) is 26.2 Å². The van der Waals surface area contributed by atoms with Crippen molar-refractivity contribution >= 4 is 32.7 Å². The predicted molar refractivity (Wildman–Crippen MR) is 85.4 cm³/mol. The molecule has 0 amide bonds. The van der Waals surface area contributed by atoms with E-state index in [4.69, 9.17) is 0 Å². The van der Waals surface area contributed by atoms with Crippen LogP contribution in [-0.4, -0.2) is 20.8 Å². The quantitative estimate of drug-likeness (QED) is 0.676. The molecule has 5 heteroatoms. The van der Waals surface area contributed by atoms with Gasteiger partial charge in [0.15, 0.2) is 5.78 Å². The largest absolute Gasteiger partial charge is 0.294 e. The Kier molecular flexibility index (Phi) is 3.84. The Labute approximate surface area is 130 Å². The van der Waals surface area contributed by atoms with Gasteiger partial charge in [0, 0.05) is 16.5 Å². The number of carbonyl (C=O) groups is 1. The number of rotatable bonds is 4. The van der Waals surface area contributed by atoms with Crippen molar-refractivity contribution in [2.75, 3.05) is 0 Å². The van der Waals surface area contributed by atoms with Crippen LogP contribution in [0.25, 0.3) is 11.0 Å². The molecule has 0 fully saturated rings. The van der Waals surface area contributed by atoms with Crippen molar-refractivity contribution in [1.29, 1.82) is 0 Å². The van der Waals surface area contributed by atoms with Gasteiger partial charge in [0.1, 0.15) is 5.52 Å². The molecule has 2 aromatic carbocycles. The molecule has 0 spiro atoms. The van der Waals surface area contributed by atoms with Gasteiger partial charge >= 0.3 is 0 Å². The zero-order valence-electron chi connectivity index (χ0n) is 11.6. The van der Waals surface area contributed by atoms with E-state index in [1.54, 1.807) is 0 Å². The fourth-order valence-corrected chi connectivity index (χ4v) is 2.58. The highest BCUT2D eigenvalue weighted by molar-refractivity contribution is 9.10. The summed E-state index contributed by atoms with van der Waals surface area (Å²) in [5.41, 5.74) is 3.71. The molecule has 0 saturated carbocycles. The van der Waals surface area contributed by atoms with Crippen molar-refractivity contribution in [2.45, 2.75) is 19.9 Å². The molecule has 0 bridgehead atoms. The number of carbonyl (C=O) groups excluding carboxylic acids is 1. The molecule has 3 rings (SSSR count). The van der Waals surface area contributed by atoms with Crippen LogP contribution in [0.1, 0.15) is 29.3 Å². The molecule has 0 unspecified atom stereocenters. The van der Waals surface area contributed by atoms with Crippen molar-refractivity contribution in [3.63, 3.8) is 0 Å². The van der Waals surface area contributed by atoms with E-state index in [1.807, 2.05) is 54.1 Å². The Balaban J connectivity index is 1.86. The van der Waals surface area contributed by atoms with Gasteiger partial charge < -0.3 is 0 Å². The number of fused-ring (bicyclic) bond motifs is 1. The van der Waals surface area contributed by atoms with Gasteiger partial charge in [0.05, 0.1) is 12.1 Å². The second-order valence-corrected chi connectivity index (χ2v) is 5.77. The van der Waals surface area contributed by atoms with Crippen molar-refractivity contribution in [3.05, 3.63) is 58.1 Å². The Bertz CT molecular complexity index is 793. The molecule has 3 aromatic rings. The monoisotopic (exact) mass is 343 g/mol. The average molecular weight is 344 g/mol. The lowest BCUT2D eigenvalue weighted by Crippen LogP contribution is -2.03. The van der Waals surface area contributed by atoms with E-state index in [9.17, 15) is 4.79 Å². The Hall–Kier alpha value is -2.01. The average Bonchev–Trinajstić information content (AvgIpc) is 2.89. The SMILES string of the molecule is CCC(=O)c1ccc(Cn2nnc3cc(Br)ccc32)cc1. The van der Waals surface area contributed by atoms with Crippen molar-refractivity contribution < 1.29 is 4.79 Å². The lowest BCUT2D eigenvalue weighted by molar-refractivity contribution is 0.0988. The van der Waals surface area contributed by atoms with Crippen LogP contribution in [0, 0.1) is 0 Å². The highest BCUT2D eigenvalue weighted by Gasteiger charge is 2.07. The summed E-state index contributed by atoms with van der Waals surface area (Å²) in [6, 6.07) is 13.6. The molecule has 0 aliphatic rings. The van der Waals surface area contributed by atoms with E-state index in [0.717, 1.165) is 26.6 Å². The van der Waals surface area contributed by atoms with Gasteiger partial charge in [-0.25, -0.2) is 4.68 Å². The molecule has 21 heavy (non-hydrogen) atoms. The Morgan fingerprint density at radius 2 is 1.95 bits per heavy atom. The normalized spacial score (nSPS) is 11.0. The van der Waals surface area contributed by atoms with Gasteiger partial charge in [-0.15, -0.1) is 5.10 Å². The summed E-state index contributed by atoms with van der Waals surface area (Å²) in [5.74, 6) is 0.164. The smallest absolute Gasteiger partial charge is 0.162 e. The molecule has 106 valence electrons. The first-order chi connectivity index (χ1) is 10.2. The van der Waals surface area contributed by atoms with E-state index in [0.29, 0.717) is 13.0 Å². The minimum Gasteiger partial charge on any atom is -0.294 e. The lowest BCUT2D eigenvalue weighted by atomic mass is 10.1. The number of aromatic nitrogens is 3. The standard InChI is InChI=1S/C16H14BrN3O/c1-2-16(21)12-5-3-11(4-6-12)10-20-15-8-7-13(17)9-14(15)18-19-20/h3-9H,2,10H2,1H3. The van der Waals surface area contributed by atoms with Crippen molar-refractivity contribution in [3.8, 4) is 0 Å². The summed E-state index contributed by atoms with van der Waals surface area (Å²) in [6.07, 6.45) is 0.530. The maximum absolute atomic E-state index is 11.6. The van der Waals surface area contributed by atoms with E-state index in [-0.39, 0.29) is 5.78 Å². The van der Waals surface area contributed by atoms with Gasteiger partial charge in [-0.3, -0.25) is 4.79 Å². The number of ketones is 1. The number of benzene rings is 2. The zero-order valence-corrected chi connectivity index (χ0v) is 13.2. The lowest BCUT2D eigenvalue weighted by Gasteiger charge is -2.04. The molecule has 1 heterocycles. The summed E-state index contributed by atoms with van der Waals surface area (Å²) in [7, 11) is 0. The molecular weight excluding hydrogens is 330 g/mol. The van der Waals surface area contributed by atoms with Crippen LogP contribution in [0.15, 0.2) is 46.9 Å². The van der Waals surface area contributed by atoms with Gasteiger partial charge in [-0.05, 0) is 23.8 Å². The van der Waals surface area contributed by atoms with Crippen LogP contribution in [-0.2, 0) is 6.54 Å². The molecule has 4 nitrogen and oxygen atoms in total. The highest BCUT2D eigenvalue weighted by Crippen LogP contribution is 2.18. The number of hydrogen-bond acceptors (Lipinski definition) is 3. The molecule has 0 aliphatic carbocycles.